The molecule has 0 radical (unpaired) electrons. The average molecular weight is 963 g/mol. The summed E-state index contributed by atoms with van der Waals surface area (Å²) in [7, 11) is -5.03. The highest BCUT2D eigenvalue weighted by Crippen LogP contribution is 2.43. The Labute approximate surface area is 408 Å². The largest absolute Gasteiger partial charge is 0.457 e. The maximum Gasteiger partial charge on any atom is 0.299 e. The molecule has 0 saturated heterocycles. The monoisotopic (exact) mass is 962 g/mol. The van der Waals surface area contributed by atoms with Crippen LogP contribution in [0.1, 0.15) is 0 Å². The number of H-pyrrole nitrogens is 2. The van der Waals surface area contributed by atoms with Crippen molar-refractivity contribution >= 4 is 54.3 Å². The number of nitrogens with one attached hydrogen (secondary N) is 2. The number of hydrogen-bond donors (Lipinski definition) is 3. The van der Waals surface area contributed by atoms with Crippen LogP contribution < -0.4 is 18.9 Å². The number of para-hydroxylation sites is 4. The quantitative estimate of drug-likeness (QED) is 0.116. The summed E-state index contributed by atoms with van der Waals surface area (Å²) in [6, 6.07) is 56.6. The third kappa shape index (κ3) is 7.83. The van der Waals surface area contributed by atoms with Crippen LogP contribution in [0.15, 0.2) is 193 Å². The van der Waals surface area contributed by atoms with E-state index in [0.717, 1.165) is 0 Å². The Bertz CT molecular complexity index is 4210. The fourth-order valence-corrected chi connectivity index (χ4v) is 9.62. The van der Waals surface area contributed by atoms with Crippen LogP contribution in [0.3, 0.4) is 0 Å². The molecular weight excluding hydrogens is 929 g/mol. The van der Waals surface area contributed by atoms with Gasteiger partial charge in [-0.1, -0.05) is 72.8 Å². The topological polar surface area (TPSA) is 200 Å². The molecule has 0 atom stereocenters. The molecule has 346 valence electrons. The third-order valence-corrected chi connectivity index (χ3v) is 12.9. The van der Waals surface area contributed by atoms with E-state index in [-0.39, 0.29) is 45.3 Å². The molecule has 15 nitrogen and oxygen atoms in total. The molecule has 16 heteroatoms. The molecular formula is C56H34N8O7S. The number of aromatic amines is 2. The van der Waals surface area contributed by atoms with Crippen molar-refractivity contribution in [3.05, 3.63) is 188 Å². The lowest BCUT2D eigenvalue weighted by Gasteiger charge is -2.10. The number of aromatic nitrogens is 8. The van der Waals surface area contributed by atoms with Gasteiger partial charge in [-0.05, 0) is 115 Å². The molecule has 0 aliphatic carbocycles. The molecule has 0 spiro atoms. The van der Waals surface area contributed by atoms with Gasteiger partial charge in [0.15, 0.2) is 23.3 Å². The van der Waals surface area contributed by atoms with Crippen LogP contribution in [0.5, 0.6) is 46.0 Å². The summed E-state index contributed by atoms with van der Waals surface area (Å²) in [4.78, 5) is 36.8. The first-order valence-electron chi connectivity index (χ1n) is 22.6. The molecule has 2 aliphatic heterocycles. The SMILES string of the molecule is O=S(=O)(O)c1c(Oc2ccccc2)ccc2c3nc4nc(nc5[nH]c(nc6nc(nc([nH]3)c12)-c1ccc(Oc2ccccc2)cc1-6)c1ccc(Oc2ccccc2)cc51)-c1ccc(Oc2ccccc2)cc1-4. The van der Waals surface area contributed by atoms with E-state index < -0.39 is 15.0 Å². The second kappa shape index (κ2) is 17.0. The molecule has 8 bridgehead atoms. The van der Waals surface area contributed by atoms with Crippen molar-refractivity contribution < 1.29 is 31.9 Å². The summed E-state index contributed by atoms with van der Waals surface area (Å²) >= 11 is 0. The van der Waals surface area contributed by atoms with Crippen molar-refractivity contribution in [3.8, 4) is 91.5 Å². The number of benzene rings is 8. The molecule has 0 saturated carbocycles. The van der Waals surface area contributed by atoms with Gasteiger partial charge in [0.1, 0.15) is 73.5 Å². The summed E-state index contributed by atoms with van der Waals surface area (Å²) in [6.07, 6.45) is 0. The van der Waals surface area contributed by atoms with Gasteiger partial charge in [0.2, 0.25) is 0 Å². The Hall–Kier alpha value is -9.77. The van der Waals surface area contributed by atoms with Crippen molar-refractivity contribution in [2.45, 2.75) is 4.90 Å². The van der Waals surface area contributed by atoms with Crippen LogP contribution in [-0.2, 0) is 10.1 Å². The van der Waals surface area contributed by atoms with Gasteiger partial charge < -0.3 is 28.9 Å². The molecule has 13 rings (SSSR count). The zero-order valence-corrected chi connectivity index (χ0v) is 38.2. The van der Waals surface area contributed by atoms with E-state index in [1.165, 1.54) is 6.07 Å². The van der Waals surface area contributed by atoms with E-state index in [2.05, 4.69) is 9.97 Å². The molecule has 0 fully saturated rings. The Balaban J connectivity index is 1.12. The normalized spacial score (nSPS) is 11.8. The van der Waals surface area contributed by atoms with Gasteiger partial charge in [0, 0.05) is 38.4 Å². The Morgan fingerprint density at radius 2 is 0.736 bits per heavy atom. The Morgan fingerprint density at radius 1 is 0.347 bits per heavy atom. The molecule has 2 aliphatic rings. The average Bonchev–Trinajstić information content (AvgIpc) is 4.12. The zero-order chi connectivity index (χ0) is 48.3. The molecule has 3 aromatic heterocycles. The molecule has 11 aromatic rings. The van der Waals surface area contributed by atoms with E-state index in [1.807, 2.05) is 140 Å². The summed E-state index contributed by atoms with van der Waals surface area (Å²) in [5, 5.41) is 1.66. The van der Waals surface area contributed by atoms with E-state index in [1.54, 1.807) is 42.5 Å². The van der Waals surface area contributed by atoms with Gasteiger partial charge in [0.05, 0.1) is 5.39 Å². The van der Waals surface area contributed by atoms with Gasteiger partial charge in [-0.2, -0.15) is 8.42 Å². The van der Waals surface area contributed by atoms with Gasteiger partial charge in [-0.3, -0.25) is 4.55 Å². The standard InChI is InChI=1S/C56H34N8O7S/c65-72(66,67)48-46(71-35-19-11-4-12-20-35)28-27-42-47(48)56-63-51-41-26-23-38(70-34-17-9-3-10-18-34)31-45(41)54(61-51)59-49-39-24-21-36(68-32-13-5-1-6-14-32)29-43(39)53(57-49)58-50-40-25-22-37(69-33-15-7-2-8-16-33)30-44(40)55(60-50)62-52(42)64-56/h1-31H,(H,65,66,67)(H2,57,58,59,60,61,62,63,64). The molecule has 5 heterocycles. The molecule has 72 heavy (non-hydrogen) atoms. The molecule has 8 aromatic carbocycles. The molecule has 3 N–H and O–H groups in total. The second-order valence-corrected chi connectivity index (χ2v) is 18.0. The summed E-state index contributed by atoms with van der Waals surface area (Å²) in [5.41, 5.74) is 3.35. The van der Waals surface area contributed by atoms with Crippen molar-refractivity contribution in [3.63, 3.8) is 0 Å². The first-order chi connectivity index (χ1) is 35.2. The van der Waals surface area contributed by atoms with Crippen molar-refractivity contribution in [2.24, 2.45) is 0 Å². The fraction of sp³-hybridized carbons (Fsp3) is 0. The first-order valence-corrected chi connectivity index (χ1v) is 24.0. The number of ether oxygens (including phenoxy) is 4. The summed E-state index contributed by atoms with van der Waals surface area (Å²) < 4.78 is 63.6. The Kier molecular flexibility index (Phi) is 10.0. The minimum absolute atomic E-state index is 0.00460. The summed E-state index contributed by atoms with van der Waals surface area (Å²) in [5.74, 6) is 4.66. The molecule has 0 unspecified atom stereocenters. The van der Waals surface area contributed by atoms with Crippen LogP contribution in [0.25, 0.3) is 89.7 Å². The lowest BCUT2D eigenvalue weighted by molar-refractivity contribution is 0.452. The van der Waals surface area contributed by atoms with Crippen LogP contribution in [0.4, 0.5) is 0 Å². The van der Waals surface area contributed by atoms with Crippen molar-refractivity contribution in [1.29, 1.82) is 0 Å². The van der Waals surface area contributed by atoms with E-state index in [9.17, 15) is 13.0 Å². The first kappa shape index (κ1) is 42.3. The van der Waals surface area contributed by atoms with Gasteiger partial charge in [-0.15, -0.1) is 0 Å². The highest BCUT2D eigenvalue weighted by molar-refractivity contribution is 7.86. The maximum atomic E-state index is 13.7. The third-order valence-electron chi connectivity index (χ3n) is 12.0. The number of hydrogen-bond acceptors (Lipinski definition) is 12. The highest BCUT2D eigenvalue weighted by atomic mass is 32.2. The zero-order valence-electron chi connectivity index (χ0n) is 37.4. The van der Waals surface area contributed by atoms with Gasteiger partial charge in [-0.25, -0.2) is 29.9 Å². The Morgan fingerprint density at radius 3 is 1.24 bits per heavy atom. The minimum Gasteiger partial charge on any atom is -0.457 e. The van der Waals surface area contributed by atoms with Crippen LogP contribution >= 0.6 is 0 Å². The number of fused-ring (bicyclic) bond motifs is 20. The van der Waals surface area contributed by atoms with Crippen LogP contribution in [0.2, 0.25) is 0 Å². The van der Waals surface area contributed by atoms with E-state index in [0.29, 0.717) is 90.4 Å². The number of rotatable bonds is 9. The predicted molar refractivity (Wildman–Crippen MR) is 272 cm³/mol. The van der Waals surface area contributed by atoms with Gasteiger partial charge >= 0.3 is 0 Å². The lowest BCUT2D eigenvalue weighted by Crippen LogP contribution is -2.02. The lowest BCUT2D eigenvalue weighted by atomic mass is 10.1. The van der Waals surface area contributed by atoms with Crippen LogP contribution in [0, 0.1) is 0 Å². The minimum atomic E-state index is -5.03. The van der Waals surface area contributed by atoms with E-state index in [4.69, 9.17) is 48.9 Å². The maximum absolute atomic E-state index is 13.7. The van der Waals surface area contributed by atoms with Crippen molar-refractivity contribution in [2.75, 3.05) is 0 Å². The van der Waals surface area contributed by atoms with E-state index >= 15 is 0 Å². The highest BCUT2D eigenvalue weighted by Gasteiger charge is 2.28. The molecule has 0 amide bonds. The number of nitrogens with zero attached hydrogens (tertiary/aromatic N) is 6. The van der Waals surface area contributed by atoms with Crippen molar-refractivity contribution in [1.82, 2.24) is 39.9 Å². The second-order valence-electron chi connectivity index (χ2n) is 16.7. The van der Waals surface area contributed by atoms with Gasteiger partial charge in [0.25, 0.3) is 10.1 Å². The van der Waals surface area contributed by atoms with Crippen LogP contribution in [-0.4, -0.2) is 52.8 Å². The predicted octanol–water partition coefficient (Wildman–Crippen LogP) is 13.3. The smallest absolute Gasteiger partial charge is 0.299 e. The summed E-state index contributed by atoms with van der Waals surface area (Å²) in [6.45, 7) is 0. The fourth-order valence-electron chi connectivity index (χ4n) is 8.79.